The summed E-state index contributed by atoms with van der Waals surface area (Å²) in [5, 5.41) is 7.18. The highest BCUT2D eigenvalue weighted by Gasteiger charge is 2.16. The molecule has 0 fully saturated rings. The number of rotatable bonds is 2. The summed E-state index contributed by atoms with van der Waals surface area (Å²) in [6.45, 7) is 4.17. The zero-order valence-electron chi connectivity index (χ0n) is 11.5. The predicted octanol–water partition coefficient (Wildman–Crippen LogP) is 3.34. The van der Waals surface area contributed by atoms with Crippen molar-refractivity contribution in [3.8, 4) is 22.5 Å². The van der Waals surface area contributed by atoms with Crippen LogP contribution in [0.25, 0.3) is 22.5 Å². The minimum absolute atomic E-state index is 0.471. The molecule has 0 radical (unpaired) electrons. The van der Waals surface area contributed by atoms with Gasteiger partial charge in [0.15, 0.2) is 5.82 Å². The maximum Gasteiger partial charge on any atom is 0.155 e. The maximum atomic E-state index is 6.01. The third-order valence-corrected chi connectivity index (χ3v) is 3.37. The molecule has 0 amide bonds. The van der Waals surface area contributed by atoms with E-state index in [0.717, 1.165) is 22.5 Å². The molecule has 3 aromatic rings. The third kappa shape index (κ3) is 2.05. The molecule has 100 valence electrons. The molecule has 1 aromatic carbocycles. The van der Waals surface area contributed by atoms with Crippen molar-refractivity contribution in [3.63, 3.8) is 0 Å². The van der Waals surface area contributed by atoms with Crippen LogP contribution < -0.4 is 5.73 Å². The van der Waals surface area contributed by atoms with Crippen molar-refractivity contribution < 1.29 is 0 Å². The molecular formula is C16H16N4. The molecule has 0 aliphatic rings. The molecule has 2 heterocycles. The summed E-state index contributed by atoms with van der Waals surface area (Å²) in [6, 6.07) is 12.1. The zero-order chi connectivity index (χ0) is 14.1. The van der Waals surface area contributed by atoms with Gasteiger partial charge in [0.2, 0.25) is 0 Å². The minimum Gasteiger partial charge on any atom is -0.382 e. The van der Waals surface area contributed by atoms with E-state index in [0.29, 0.717) is 5.82 Å². The fourth-order valence-electron chi connectivity index (χ4n) is 2.41. The Morgan fingerprint density at radius 1 is 1.10 bits per heavy atom. The van der Waals surface area contributed by atoms with Gasteiger partial charge >= 0.3 is 0 Å². The SMILES string of the molecule is Cc1ccc(-c2[nH]nc(N)c2-c2ccccn2)c(C)c1. The summed E-state index contributed by atoms with van der Waals surface area (Å²) in [5.41, 5.74) is 12.1. The first kappa shape index (κ1) is 12.4. The van der Waals surface area contributed by atoms with E-state index in [9.17, 15) is 0 Å². The smallest absolute Gasteiger partial charge is 0.155 e. The van der Waals surface area contributed by atoms with Gasteiger partial charge in [-0.2, -0.15) is 5.10 Å². The number of aromatic nitrogens is 3. The van der Waals surface area contributed by atoms with E-state index in [1.165, 1.54) is 11.1 Å². The highest BCUT2D eigenvalue weighted by atomic mass is 15.2. The zero-order valence-corrected chi connectivity index (χ0v) is 11.5. The topological polar surface area (TPSA) is 67.6 Å². The highest BCUT2D eigenvalue weighted by molar-refractivity contribution is 5.87. The monoisotopic (exact) mass is 264 g/mol. The van der Waals surface area contributed by atoms with Crippen LogP contribution in [0.2, 0.25) is 0 Å². The van der Waals surface area contributed by atoms with Crippen LogP contribution in [0, 0.1) is 13.8 Å². The second-order valence-corrected chi connectivity index (χ2v) is 4.89. The summed E-state index contributed by atoms with van der Waals surface area (Å²) < 4.78 is 0. The average molecular weight is 264 g/mol. The Hall–Kier alpha value is -2.62. The number of nitrogens with two attached hydrogens (primary N) is 1. The van der Waals surface area contributed by atoms with Gasteiger partial charge in [-0.25, -0.2) is 0 Å². The Kier molecular flexibility index (Phi) is 2.99. The van der Waals surface area contributed by atoms with Crippen LogP contribution in [0.1, 0.15) is 11.1 Å². The van der Waals surface area contributed by atoms with Gasteiger partial charge in [0.05, 0.1) is 17.0 Å². The molecule has 0 aliphatic carbocycles. The van der Waals surface area contributed by atoms with E-state index in [1.807, 2.05) is 18.2 Å². The van der Waals surface area contributed by atoms with E-state index in [1.54, 1.807) is 6.20 Å². The predicted molar refractivity (Wildman–Crippen MR) is 81.1 cm³/mol. The van der Waals surface area contributed by atoms with E-state index in [4.69, 9.17) is 5.73 Å². The van der Waals surface area contributed by atoms with Crippen LogP contribution in [-0.2, 0) is 0 Å². The Morgan fingerprint density at radius 3 is 2.65 bits per heavy atom. The van der Waals surface area contributed by atoms with Crippen molar-refractivity contribution in [1.82, 2.24) is 15.2 Å². The lowest BCUT2D eigenvalue weighted by Crippen LogP contribution is -1.92. The largest absolute Gasteiger partial charge is 0.382 e. The van der Waals surface area contributed by atoms with Crippen LogP contribution >= 0.6 is 0 Å². The normalized spacial score (nSPS) is 10.7. The fourth-order valence-corrected chi connectivity index (χ4v) is 2.41. The first-order chi connectivity index (χ1) is 9.66. The molecule has 0 bridgehead atoms. The summed E-state index contributed by atoms with van der Waals surface area (Å²) in [7, 11) is 0. The number of pyridine rings is 1. The summed E-state index contributed by atoms with van der Waals surface area (Å²) in [4.78, 5) is 4.38. The van der Waals surface area contributed by atoms with E-state index in [2.05, 4.69) is 47.2 Å². The van der Waals surface area contributed by atoms with Gasteiger partial charge in [0, 0.05) is 11.8 Å². The molecule has 2 aromatic heterocycles. The molecule has 0 spiro atoms. The Balaban J connectivity index is 2.21. The van der Waals surface area contributed by atoms with Gasteiger partial charge in [-0.15, -0.1) is 0 Å². The number of aromatic amines is 1. The van der Waals surface area contributed by atoms with Gasteiger partial charge < -0.3 is 5.73 Å². The number of hydrogen-bond acceptors (Lipinski definition) is 3. The van der Waals surface area contributed by atoms with Crippen molar-refractivity contribution in [2.75, 3.05) is 5.73 Å². The second-order valence-electron chi connectivity index (χ2n) is 4.89. The number of benzene rings is 1. The summed E-state index contributed by atoms with van der Waals surface area (Å²) in [5.74, 6) is 0.471. The van der Waals surface area contributed by atoms with Crippen molar-refractivity contribution in [2.45, 2.75) is 13.8 Å². The molecule has 4 heteroatoms. The lowest BCUT2D eigenvalue weighted by molar-refractivity contribution is 1.10. The molecule has 3 N–H and O–H groups in total. The number of hydrogen-bond donors (Lipinski definition) is 2. The Morgan fingerprint density at radius 2 is 1.95 bits per heavy atom. The van der Waals surface area contributed by atoms with Crippen LogP contribution in [0.4, 0.5) is 5.82 Å². The first-order valence-corrected chi connectivity index (χ1v) is 6.49. The van der Waals surface area contributed by atoms with Crippen LogP contribution in [0.5, 0.6) is 0 Å². The molecule has 0 unspecified atom stereocenters. The average Bonchev–Trinajstić information content (AvgIpc) is 2.81. The second kappa shape index (κ2) is 4.81. The highest BCUT2D eigenvalue weighted by Crippen LogP contribution is 2.35. The summed E-state index contributed by atoms with van der Waals surface area (Å²) in [6.07, 6.45) is 1.76. The van der Waals surface area contributed by atoms with Crippen molar-refractivity contribution in [2.24, 2.45) is 0 Å². The lowest BCUT2D eigenvalue weighted by atomic mass is 9.99. The number of nitrogens with one attached hydrogen (secondary N) is 1. The summed E-state index contributed by atoms with van der Waals surface area (Å²) >= 11 is 0. The van der Waals surface area contributed by atoms with Gasteiger partial charge in [0.25, 0.3) is 0 Å². The Bertz CT molecular complexity index is 744. The van der Waals surface area contributed by atoms with Gasteiger partial charge in [-0.05, 0) is 31.5 Å². The molecular weight excluding hydrogens is 248 g/mol. The van der Waals surface area contributed by atoms with Crippen LogP contribution in [0.15, 0.2) is 42.6 Å². The molecule has 0 atom stereocenters. The minimum atomic E-state index is 0.471. The number of aryl methyl sites for hydroxylation is 2. The quantitative estimate of drug-likeness (QED) is 0.746. The molecule has 0 aliphatic heterocycles. The molecule has 20 heavy (non-hydrogen) atoms. The van der Waals surface area contributed by atoms with E-state index >= 15 is 0 Å². The lowest BCUT2D eigenvalue weighted by Gasteiger charge is -2.08. The van der Waals surface area contributed by atoms with Gasteiger partial charge in [-0.1, -0.05) is 29.8 Å². The van der Waals surface area contributed by atoms with Crippen molar-refractivity contribution >= 4 is 5.82 Å². The maximum absolute atomic E-state index is 6.01. The standard InChI is InChI=1S/C16H16N4/c1-10-6-7-12(11(2)9-10)15-14(16(17)20-19-15)13-5-3-4-8-18-13/h3-9H,1-2H3,(H3,17,19,20). The molecule has 0 saturated heterocycles. The number of nitrogen functional groups attached to an aromatic ring is 1. The molecule has 3 rings (SSSR count). The first-order valence-electron chi connectivity index (χ1n) is 6.49. The van der Waals surface area contributed by atoms with E-state index < -0.39 is 0 Å². The Labute approximate surface area is 117 Å². The molecule has 0 saturated carbocycles. The van der Waals surface area contributed by atoms with E-state index in [-0.39, 0.29) is 0 Å². The van der Waals surface area contributed by atoms with Crippen LogP contribution in [0.3, 0.4) is 0 Å². The fraction of sp³-hybridized carbons (Fsp3) is 0.125. The third-order valence-electron chi connectivity index (χ3n) is 3.37. The van der Waals surface area contributed by atoms with Crippen LogP contribution in [-0.4, -0.2) is 15.2 Å². The van der Waals surface area contributed by atoms with Crippen molar-refractivity contribution in [1.29, 1.82) is 0 Å². The van der Waals surface area contributed by atoms with Gasteiger partial charge in [0.1, 0.15) is 0 Å². The molecule has 4 nitrogen and oxygen atoms in total. The number of H-pyrrole nitrogens is 1. The number of nitrogens with zero attached hydrogens (tertiary/aromatic N) is 2. The van der Waals surface area contributed by atoms with Gasteiger partial charge in [-0.3, -0.25) is 10.1 Å². The van der Waals surface area contributed by atoms with Crippen molar-refractivity contribution in [3.05, 3.63) is 53.7 Å². The number of anilines is 1.